The van der Waals surface area contributed by atoms with Crippen LogP contribution in [0.25, 0.3) is 0 Å². The molecule has 120 valence electrons. The van der Waals surface area contributed by atoms with Gasteiger partial charge in [0, 0.05) is 11.6 Å². The molecule has 0 fully saturated rings. The van der Waals surface area contributed by atoms with Gasteiger partial charge in [0.1, 0.15) is 17.2 Å². The predicted octanol–water partition coefficient (Wildman–Crippen LogP) is 1.49. The highest BCUT2D eigenvalue weighted by Crippen LogP contribution is 2.35. The van der Waals surface area contributed by atoms with Crippen molar-refractivity contribution in [2.75, 3.05) is 4.90 Å². The molecule has 9 heteroatoms. The molecule has 23 heavy (non-hydrogen) atoms. The van der Waals surface area contributed by atoms with Gasteiger partial charge in [0.05, 0.1) is 12.2 Å². The van der Waals surface area contributed by atoms with Gasteiger partial charge in [-0.25, -0.2) is 4.79 Å². The fourth-order valence-corrected chi connectivity index (χ4v) is 2.58. The number of ether oxygens (including phenoxy) is 1. The van der Waals surface area contributed by atoms with E-state index in [1.807, 2.05) is 0 Å². The van der Waals surface area contributed by atoms with Crippen LogP contribution in [-0.4, -0.2) is 19.6 Å². The molecule has 1 heterocycles. The number of nitrogens with two attached hydrogens (primary N) is 1. The van der Waals surface area contributed by atoms with E-state index >= 15 is 0 Å². The van der Waals surface area contributed by atoms with Crippen LogP contribution in [-0.2, 0) is 16.8 Å². The average Bonchev–Trinajstić information content (AvgIpc) is 2.46. The van der Waals surface area contributed by atoms with Crippen molar-refractivity contribution in [1.82, 2.24) is 0 Å². The normalized spacial score (nSPS) is 14.1. The maximum atomic E-state index is 12.1. The van der Waals surface area contributed by atoms with Gasteiger partial charge in [0.15, 0.2) is 0 Å². The molecule has 0 aliphatic carbocycles. The lowest BCUT2D eigenvalue weighted by Gasteiger charge is -2.28. The first-order valence-electron chi connectivity index (χ1n) is 6.46. The number of fused-ring (bicyclic) bond motifs is 1. The lowest BCUT2D eigenvalue weighted by atomic mass is 10.1. The van der Waals surface area contributed by atoms with Crippen molar-refractivity contribution in [1.29, 1.82) is 0 Å². The van der Waals surface area contributed by atoms with Crippen LogP contribution in [0.1, 0.15) is 5.56 Å². The SMILES string of the molecule is NS(=O)(=O)Oc1ccc2c(c1)OC(=O)N(c1ccccc1O)C2. The lowest BCUT2D eigenvalue weighted by Crippen LogP contribution is -2.37. The van der Waals surface area contributed by atoms with E-state index in [9.17, 15) is 18.3 Å². The van der Waals surface area contributed by atoms with Gasteiger partial charge >= 0.3 is 16.4 Å². The van der Waals surface area contributed by atoms with E-state index in [4.69, 9.17) is 9.88 Å². The minimum Gasteiger partial charge on any atom is -0.506 e. The van der Waals surface area contributed by atoms with Gasteiger partial charge < -0.3 is 14.0 Å². The first kappa shape index (κ1) is 15.1. The summed E-state index contributed by atoms with van der Waals surface area (Å²) in [5.41, 5.74) is 0.933. The van der Waals surface area contributed by atoms with Crippen LogP contribution < -0.4 is 19.0 Å². The summed E-state index contributed by atoms with van der Waals surface area (Å²) in [7, 11) is -4.16. The van der Waals surface area contributed by atoms with Crippen molar-refractivity contribution >= 4 is 22.1 Å². The number of aromatic hydroxyl groups is 1. The minimum atomic E-state index is -4.16. The molecule has 0 bridgehead atoms. The summed E-state index contributed by atoms with van der Waals surface area (Å²) in [6.45, 7) is 0.154. The zero-order valence-corrected chi connectivity index (χ0v) is 12.5. The van der Waals surface area contributed by atoms with E-state index in [0.29, 0.717) is 11.3 Å². The molecule has 0 radical (unpaired) electrons. The molecule has 3 N–H and O–H groups in total. The van der Waals surface area contributed by atoms with Gasteiger partial charge in [-0.1, -0.05) is 12.1 Å². The van der Waals surface area contributed by atoms with Gasteiger partial charge in [-0.2, -0.15) is 13.6 Å². The average molecular weight is 336 g/mol. The molecule has 0 atom stereocenters. The van der Waals surface area contributed by atoms with Crippen LogP contribution in [0, 0.1) is 0 Å². The van der Waals surface area contributed by atoms with Crippen LogP contribution in [0.15, 0.2) is 42.5 Å². The van der Waals surface area contributed by atoms with Crippen molar-refractivity contribution in [3.63, 3.8) is 0 Å². The van der Waals surface area contributed by atoms with Crippen molar-refractivity contribution in [3.8, 4) is 17.2 Å². The maximum absolute atomic E-state index is 12.1. The number of anilines is 1. The summed E-state index contributed by atoms with van der Waals surface area (Å²) >= 11 is 0. The third-order valence-electron chi connectivity index (χ3n) is 3.17. The lowest BCUT2D eigenvalue weighted by molar-refractivity contribution is 0.202. The van der Waals surface area contributed by atoms with Gasteiger partial charge in [0.2, 0.25) is 0 Å². The van der Waals surface area contributed by atoms with Crippen LogP contribution in [0.5, 0.6) is 17.2 Å². The van der Waals surface area contributed by atoms with Crippen LogP contribution >= 0.6 is 0 Å². The Hall–Kier alpha value is -2.78. The topological polar surface area (TPSA) is 119 Å². The quantitative estimate of drug-likeness (QED) is 0.876. The predicted molar refractivity (Wildman–Crippen MR) is 80.5 cm³/mol. The van der Waals surface area contributed by atoms with Gasteiger partial charge in [-0.05, 0) is 24.3 Å². The Morgan fingerprint density at radius 3 is 2.65 bits per heavy atom. The highest BCUT2D eigenvalue weighted by Gasteiger charge is 2.28. The highest BCUT2D eigenvalue weighted by atomic mass is 32.2. The molecule has 0 saturated carbocycles. The molecule has 0 spiro atoms. The third-order valence-corrected chi connectivity index (χ3v) is 3.59. The number of hydrogen-bond acceptors (Lipinski definition) is 6. The molecule has 1 aliphatic heterocycles. The minimum absolute atomic E-state index is 0.0536. The molecule has 1 amide bonds. The Morgan fingerprint density at radius 1 is 1.22 bits per heavy atom. The van der Waals surface area contributed by atoms with Crippen LogP contribution in [0.2, 0.25) is 0 Å². The van der Waals surface area contributed by atoms with E-state index in [1.165, 1.54) is 23.1 Å². The van der Waals surface area contributed by atoms with E-state index in [0.717, 1.165) is 0 Å². The molecule has 8 nitrogen and oxygen atoms in total. The number of phenolic OH excluding ortho intramolecular Hbond substituents is 1. The standard InChI is InChI=1S/C14H12N2O6S/c15-23(19,20)22-10-6-5-9-8-16(14(18)21-13(9)7-10)11-3-1-2-4-12(11)17/h1-7,17H,8H2,(H2,15,19,20). The van der Waals surface area contributed by atoms with E-state index in [1.54, 1.807) is 24.3 Å². The van der Waals surface area contributed by atoms with Gasteiger partial charge in [-0.15, -0.1) is 0 Å². The molecule has 3 rings (SSSR count). The smallest absolute Gasteiger partial charge is 0.420 e. The number of para-hydroxylation sites is 2. The number of benzene rings is 2. The summed E-state index contributed by atoms with van der Waals surface area (Å²) in [6.07, 6.45) is -0.702. The Labute approximate surface area is 131 Å². The number of carbonyl (C=O) groups excluding carboxylic acids is 1. The second kappa shape index (κ2) is 5.45. The number of phenols is 1. The van der Waals surface area contributed by atoms with Crippen molar-refractivity contribution < 1.29 is 27.2 Å². The van der Waals surface area contributed by atoms with Crippen molar-refractivity contribution in [2.24, 2.45) is 5.14 Å². The first-order chi connectivity index (χ1) is 10.8. The summed E-state index contributed by atoms with van der Waals surface area (Å²) in [4.78, 5) is 13.4. The molecule has 2 aromatic carbocycles. The molecule has 0 aromatic heterocycles. The fourth-order valence-electron chi connectivity index (χ4n) is 2.21. The molecular formula is C14H12N2O6S. The summed E-state index contributed by atoms with van der Waals surface area (Å²) in [5.74, 6) is 0.0555. The number of amides is 1. The first-order valence-corrected chi connectivity index (χ1v) is 7.93. The molecule has 1 aliphatic rings. The van der Waals surface area contributed by atoms with Crippen LogP contribution in [0.4, 0.5) is 10.5 Å². The van der Waals surface area contributed by atoms with Gasteiger partial charge in [-0.3, -0.25) is 4.90 Å². The second-order valence-corrected chi connectivity index (χ2v) is 5.94. The molecular weight excluding hydrogens is 324 g/mol. The zero-order valence-electron chi connectivity index (χ0n) is 11.7. The second-order valence-electron chi connectivity index (χ2n) is 4.79. The monoisotopic (exact) mass is 336 g/mol. The Bertz CT molecular complexity index is 881. The van der Waals surface area contributed by atoms with Gasteiger partial charge in [0.25, 0.3) is 0 Å². The Morgan fingerprint density at radius 2 is 1.96 bits per heavy atom. The number of carbonyl (C=O) groups is 1. The van der Waals surface area contributed by atoms with Crippen LogP contribution in [0.3, 0.4) is 0 Å². The Balaban J connectivity index is 1.92. The number of nitrogens with zero attached hydrogens (tertiary/aromatic N) is 1. The number of rotatable bonds is 3. The van der Waals surface area contributed by atoms with Crippen molar-refractivity contribution in [2.45, 2.75) is 6.54 Å². The molecule has 2 aromatic rings. The third kappa shape index (κ3) is 3.20. The summed E-state index contributed by atoms with van der Waals surface area (Å²) in [6, 6.07) is 10.6. The largest absolute Gasteiger partial charge is 0.506 e. The molecule has 0 unspecified atom stereocenters. The summed E-state index contributed by atoms with van der Waals surface area (Å²) < 4.78 is 31.5. The summed E-state index contributed by atoms with van der Waals surface area (Å²) in [5, 5.41) is 14.6. The van der Waals surface area contributed by atoms with Crippen molar-refractivity contribution in [3.05, 3.63) is 48.0 Å². The number of hydrogen-bond donors (Lipinski definition) is 2. The Kier molecular flexibility index (Phi) is 3.58. The molecule has 0 saturated heterocycles. The van der Waals surface area contributed by atoms with E-state index < -0.39 is 16.4 Å². The van der Waals surface area contributed by atoms with E-state index in [-0.39, 0.29) is 23.8 Å². The highest BCUT2D eigenvalue weighted by molar-refractivity contribution is 7.84. The fraction of sp³-hybridized carbons (Fsp3) is 0.0714. The van der Waals surface area contributed by atoms with E-state index in [2.05, 4.69) is 4.18 Å². The maximum Gasteiger partial charge on any atom is 0.420 e. The zero-order chi connectivity index (χ0) is 16.6.